The molecule has 0 heterocycles. The summed E-state index contributed by atoms with van der Waals surface area (Å²) in [7, 11) is 0. The predicted octanol–water partition coefficient (Wildman–Crippen LogP) is 26.5. The normalized spacial score (nSPS) is 13.3. The molecule has 3 N–H and O–H groups in total. The van der Waals surface area contributed by atoms with E-state index in [4.69, 9.17) is 0 Å². The first-order valence-electron chi connectivity index (χ1n) is 38.1. The molecule has 498 valence electrons. The number of hydrogen-bond donors (Lipinski definition) is 3. The van der Waals surface area contributed by atoms with Crippen LogP contribution in [0.1, 0.15) is 386 Å². The second kappa shape index (κ2) is 76.3. The molecule has 1 amide bonds. The molecule has 0 aliphatic heterocycles. The van der Waals surface area contributed by atoms with E-state index in [0.717, 1.165) is 77.0 Å². The van der Waals surface area contributed by atoms with Crippen LogP contribution < -0.4 is 5.32 Å². The first-order valence-corrected chi connectivity index (χ1v) is 38.1. The fourth-order valence-electron chi connectivity index (χ4n) is 11.5. The molecule has 0 radical (unpaired) electrons. The Kier molecular flexibility index (Phi) is 73.7. The summed E-state index contributed by atoms with van der Waals surface area (Å²) in [6.45, 7) is 4.22. The van der Waals surface area contributed by atoms with Gasteiger partial charge in [0, 0.05) is 6.42 Å². The summed E-state index contributed by atoms with van der Waals surface area (Å²) in [4.78, 5) is 12.6. The lowest BCUT2D eigenvalue weighted by molar-refractivity contribution is -0.123. The van der Waals surface area contributed by atoms with E-state index in [1.807, 2.05) is 6.08 Å². The zero-order valence-electron chi connectivity index (χ0n) is 57.6. The van der Waals surface area contributed by atoms with Crippen molar-refractivity contribution in [2.45, 2.75) is 398 Å². The van der Waals surface area contributed by atoms with Crippen LogP contribution in [-0.2, 0) is 4.79 Å². The van der Waals surface area contributed by atoms with Crippen LogP contribution in [0.15, 0.2) is 109 Å². The molecule has 2 unspecified atom stereocenters. The molecule has 86 heavy (non-hydrogen) atoms. The third-order valence-electron chi connectivity index (χ3n) is 17.2. The Bertz CT molecular complexity index is 1590. The zero-order valence-corrected chi connectivity index (χ0v) is 57.6. The van der Waals surface area contributed by atoms with E-state index < -0.39 is 12.1 Å². The minimum absolute atomic E-state index is 0.0700. The molecule has 2 atom stereocenters. The van der Waals surface area contributed by atoms with Crippen molar-refractivity contribution in [2.75, 3.05) is 6.61 Å². The lowest BCUT2D eigenvalue weighted by Gasteiger charge is -2.19. The van der Waals surface area contributed by atoms with Gasteiger partial charge in [0.25, 0.3) is 0 Å². The molecule has 0 rings (SSSR count). The quantitative estimate of drug-likeness (QED) is 0.0420. The van der Waals surface area contributed by atoms with Gasteiger partial charge in [-0.15, -0.1) is 0 Å². The molecular weight excluding hydrogens is 1050 g/mol. The fourth-order valence-corrected chi connectivity index (χ4v) is 11.5. The van der Waals surface area contributed by atoms with Gasteiger partial charge in [-0.3, -0.25) is 4.79 Å². The van der Waals surface area contributed by atoms with E-state index in [2.05, 4.69) is 116 Å². The number of carbonyl (C=O) groups is 1. The van der Waals surface area contributed by atoms with Crippen molar-refractivity contribution >= 4 is 5.91 Å². The first kappa shape index (κ1) is 83.1. The minimum atomic E-state index is -0.868. The average molecular weight is 1200 g/mol. The molecule has 4 nitrogen and oxygen atoms in total. The zero-order chi connectivity index (χ0) is 61.9. The molecule has 4 heteroatoms. The lowest BCUT2D eigenvalue weighted by Crippen LogP contribution is -2.45. The highest BCUT2D eigenvalue weighted by Crippen LogP contribution is 2.19. The number of carbonyl (C=O) groups excluding carboxylic acids is 1. The highest BCUT2D eigenvalue weighted by molar-refractivity contribution is 5.76. The van der Waals surface area contributed by atoms with Gasteiger partial charge >= 0.3 is 0 Å². The van der Waals surface area contributed by atoms with E-state index in [1.54, 1.807) is 6.08 Å². The molecule has 0 saturated heterocycles. The molecule has 0 aliphatic carbocycles. The van der Waals surface area contributed by atoms with Crippen molar-refractivity contribution < 1.29 is 15.0 Å². The number of nitrogens with one attached hydrogen (secondary N) is 1. The summed E-state index contributed by atoms with van der Waals surface area (Å²) in [6.07, 6.45) is 115. The van der Waals surface area contributed by atoms with Crippen LogP contribution >= 0.6 is 0 Å². The molecule has 0 aromatic rings. The largest absolute Gasteiger partial charge is 0.394 e. The number of unbranched alkanes of at least 4 members (excludes halogenated alkanes) is 47. The van der Waals surface area contributed by atoms with Gasteiger partial charge in [-0.2, -0.15) is 0 Å². The summed E-state index contributed by atoms with van der Waals surface area (Å²) >= 11 is 0. The number of rotatable bonds is 70. The van der Waals surface area contributed by atoms with E-state index in [0.29, 0.717) is 6.42 Å². The summed E-state index contributed by atoms with van der Waals surface area (Å²) < 4.78 is 0. The first-order chi connectivity index (χ1) is 42.7. The number of allylic oxidation sites excluding steroid dienone is 17. The van der Waals surface area contributed by atoms with Crippen molar-refractivity contribution in [3.63, 3.8) is 0 Å². The Hall–Kier alpha value is -2.95. The number of aliphatic hydroxyl groups is 2. The summed E-state index contributed by atoms with van der Waals surface area (Å²) in [6, 6.07) is -0.645. The Morgan fingerprint density at radius 3 is 0.814 bits per heavy atom. The average Bonchev–Trinajstić information content (AvgIpc) is 3.59. The van der Waals surface area contributed by atoms with Crippen LogP contribution in [-0.4, -0.2) is 34.9 Å². The van der Waals surface area contributed by atoms with Gasteiger partial charge in [0.2, 0.25) is 5.91 Å². The van der Waals surface area contributed by atoms with Gasteiger partial charge in [-0.1, -0.05) is 399 Å². The Labute approximate surface area is 537 Å². The Morgan fingerprint density at radius 2 is 0.523 bits per heavy atom. The maximum Gasteiger partial charge on any atom is 0.220 e. The molecule has 0 fully saturated rings. The smallest absolute Gasteiger partial charge is 0.220 e. The SMILES string of the molecule is CC/C=C\C/C=C\C/C=C\C/C=C\C/C=C\C/C=C\C/C=C\CCCCCCCCCCCCCCCCCCCCCC(=O)NC(CO)C(O)/C=C/CC/C=C/CCCCCCCCCCCCCCCCCCCCCCCCCCCCC. The van der Waals surface area contributed by atoms with Gasteiger partial charge in [-0.25, -0.2) is 0 Å². The molecular formula is C82H147NO3. The van der Waals surface area contributed by atoms with Crippen LogP contribution in [0.5, 0.6) is 0 Å². The molecule has 0 bridgehead atoms. The molecule has 0 aromatic heterocycles. The highest BCUT2D eigenvalue weighted by atomic mass is 16.3. The summed E-state index contributed by atoms with van der Waals surface area (Å²) in [5.74, 6) is -0.0700. The van der Waals surface area contributed by atoms with Gasteiger partial charge in [0.05, 0.1) is 18.8 Å². The minimum Gasteiger partial charge on any atom is -0.394 e. The monoisotopic (exact) mass is 1190 g/mol. The third-order valence-corrected chi connectivity index (χ3v) is 17.2. The van der Waals surface area contributed by atoms with Crippen LogP contribution in [0.4, 0.5) is 0 Å². The van der Waals surface area contributed by atoms with E-state index in [1.165, 1.54) is 289 Å². The Morgan fingerprint density at radius 1 is 0.291 bits per heavy atom. The van der Waals surface area contributed by atoms with E-state index >= 15 is 0 Å². The van der Waals surface area contributed by atoms with Gasteiger partial charge in [0.1, 0.15) is 0 Å². The Balaban J connectivity index is 3.48. The summed E-state index contributed by atoms with van der Waals surface area (Å²) in [5.41, 5.74) is 0. The summed E-state index contributed by atoms with van der Waals surface area (Å²) in [5, 5.41) is 23.3. The van der Waals surface area contributed by atoms with Crippen LogP contribution in [0.3, 0.4) is 0 Å². The van der Waals surface area contributed by atoms with Crippen molar-refractivity contribution in [3.05, 3.63) is 109 Å². The molecule has 0 aliphatic rings. The second-order valence-corrected chi connectivity index (χ2v) is 25.7. The standard InChI is InChI=1S/C82H147NO3/c1-3-5-7-9-11-13-15-17-19-21-23-25-27-29-31-33-35-37-38-39-40-41-42-43-44-46-48-50-52-54-56-58-60-62-64-66-68-70-72-74-76-78-82(86)83-80(79-84)81(85)77-75-73-71-69-67-65-63-61-59-57-55-53-51-49-47-45-36-34-32-30-28-26-24-22-20-18-16-14-12-10-8-6-4-2/h5,7,11,13,17,19,23,25,29,31,35,37,39-40,67,69,75,77,80-81,84-85H,3-4,6,8-10,12,14-16,18,20-22,24,26-28,30,32-34,36,38,41-66,68,70-74,76,78-79H2,1-2H3,(H,83,86)/b7-5-,13-11-,19-17-,25-23-,31-29-,37-35-,40-39-,69-67+,77-75+. The van der Waals surface area contributed by atoms with Crippen molar-refractivity contribution in [3.8, 4) is 0 Å². The van der Waals surface area contributed by atoms with E-state index in [9.17, 15) is 15.0 Å². The topological polar surface area (TPSA) is 69.6 Å². The molecule has 0 spiro atoms. The van der Waals surface area contributed by atoms with Crippen LogP contribution in [0.2, 0.25) is 0 Å². The van der Waals surface area contributed by atoms with Crippen molar-refractivity contribution in [2.24, 2.45) is 0 Å². The maximum atomic E-state index is 12.6. The second-order valence-electron chi connectivity index (χ2n) is 25.7. The number of amides is 1. The van der Waals surface area contributed by atoms with Crippen LogP contribution in [0, 0.1) is 0 Å². The predicted molar refractivity (Wildman–Crippen MR) is 386 cm³/mol. The number of hydrogen-bond acceptors (Lipinski definition) is 3. The van der Waals surface area contributed by atoms with E-state index in [-0.39, 0.29) is 12.5 Å². The van der Waals surface area contributed by atoms with Crippen molar-refractivity contribution in [1.29, 1.82) is 0 Å². The van der Waals surface area contributed by atoms with Gasteiger partial charge in [0.15, 0.2) is 0 Å². The van der Waals surface area contributed by atoms with Crippen molar-refractivity contribution in [1.82, 2.24) is 5.32 Å². The third kappa shape index (κ3) is 71.8. The van der Waals surface area contributed by atoms with Gasteiger partial charge < -0.3 is 15.5 Å². The highest BCUT2D eigenvalue weighted by Gasteiger charge is 2.18. The lowest BCUT2D eigenvalue weighted by atomic mass is 10.0. The fraction of sp³-hybridized carbons (Fsp3) is 0.768. The van der Waals surface area contributed by atoms with Gasteiger partial charge in [-0.05, 0) is 89.9 Å². The molecule has 0 saturated carbocycles. The number of aliphatic hydroxyl groups excluding tert-OH is 2. The molecule has 0 aromatic carbocycles. The van der Waals surface area contributed by atoms with Crippen LogP contribution in [0.25, 0.3) is 0 Å². The maximum absolute atomic E-state index is 12.6.